The van der Waals surface area contributed by atoms with Crippen molar-refractivity contribution in [1.82, 2.24) is 5.32 Å². The summed E-state index contributed by atoms with van der Waals surface area (Å²) in [6.07, 6.45) is 0.175. The van der Waals surface area contributed by atoms with Gasteiger partial charge in [0.25, 0.3) is 0 Å². The second kappa shape index (κ2) is 8.14. The molecule has 23 heavy (non-hydrogen) atoms. The molecule has 2 N–H and O–H groups in total. The molecular weight excluding hydrogens is 286 g/mol. The van der Waals surface area contributed by atoms with Gasteiger partial charge in [-0.25, -0.2) is 0 Å². The van der Waals surface area contributed by atoms with E-state index in [0.29, 0.717) is 0 Å². The van der Waals surface area contributed by atoms with Gasteiger partial charge in [-0.3, -0.25) is 0 Å². The van der Waals surface area contributed by atoms with Gasteiger partial charge in [-0.15, -0.1) is 0 Å². The quantitative estimate of drug-likeness (QED) is 0.797. The SMILES string of the molecule is CC(C)Oc1cccc(C(C)NC(C)c2cccc(CO)c2)c1. The van der Waals surface area contributed by atoms with Crippen LogP contribution in [-0.4, -0.2) is 11.2 Å². The molecule has 3 nitrogen and oxygen atoms in total. The summed E-state index contributed by atoms with van der Waals surface area (Å²) in [6, 6.07) is 16.7. The van der Waals surface area contributed by atoms with Gasteiger partial charge >= 0.3 is 0 Å². The van der Waals surface area contributed by atoms with Crippen molar-refractivity contribution in [2.45, 2.75) is 52.5 Å². The van der Waals surface area contributed by atoms with Gasteiger partial charge in [-0.05, 0) is 56.5 Å². The molecule has 0 aromatic heterocycles. The lowest BCUT2D eigenvalue weighted by atomic mass is 10.0. The summed E-state index contributed by atoms with van der Waals surface area (Å²) < 4.78 is 5.77. The molecule has 0 saturated carbocycles. The highest BCUT2D eigenvalue weighted by atomic mass is 16.5. The van der Waals surface area contributed by atoms with E-state index in [0.717, 1.165) is 11.3 Å². The molecule has 0 bridgehead atoms. The lowest BCUT2D eigenvalue weighted by Crippen LogP contribution is -2.22. The Balaban J connectivity index is 2.07. The van der Waals surface area contributed by atoms with E-state index in [1.165, 1.54) is 11.1 Å². The highest BCUT2D eigenvalue weighted by Crippen LogP contribution is 2.23. The zero-order chi connectivity index (χ0) is 16.8. The number of hydrogen-bond acceptors (Lipinski definition) is 3. The van der Waals surface area contributed by atoms with Crippen LogP contribution in [0.25, 0.3) is 0 Å². The molecule has 2 unspecified atom stereocenters. The van der Waals surface area contributed by atoms with Crippen LogP contribution in [0.4, 0.5) is 0 Å². The van der Waals surface area contributed by atoms with Crippen LogP contribution in [0.3, 0.4) is 0 Å². The molecule has 0 aliphatic heterocycles. The maximum Gasteiger partial charge on any atom is 0.120 e. The zero-order valence-electron chi connectivity index (χ0n) is 14.4. The topological polar surface area (TPSA) is 41.5 Å². The van der Waals surface area contributed by atoms with Gasteiger partial charge in [0.2, 0.25) is 0 Å². The zero-order valence-corrected chi connectivity index (χ0v) is 14.4. The molecule has 0 aliphatic rings. The fourth-order valence-corrected chi connectivity index (χ4v) is 2.66. The molecule has 2 aromatic carbocycles. The average molecular weight is 313 g/mol. The normalized spacial score (nSPS) is 13.8. The Hall–Kier alpha value is -1.84. The van der Waals surface area contributed by atoms with Crippen molar-refractivity contribution < 1.29 is 9.84 Å². The molecule has 2 atom stereocenters. The molecule has 2 aromatic rings. The fraction of sp³-hybridized carbons (Fsp3) is 0.400. The molecule has 0 fully saturated rings. The minimum absolute atomic E-state index is 0.0741. The second-order valence-corrected chi connectivity index (χ2v) is 6.25. The first-order valence-electron chi connectivity index (χ1n) is 8.22. The highest BCUT2D eigenvalue weighted by molar-refractivity contribution is 5.31. The minimum atomic E-state index is 0.0741. The first-order chi connectivity index (χ1) is 11.0. The molecule has 0 spiro atoms. The second-order valence-electron chi connectivity index (χ2n) is 6.25. The highest BCUT2D eigenvalue weighted by Gasteiger charge is 2.12. The van der Waals surface area contributed by atoms with Crippen LogP contribution < -0.4 is 10.1 Å². The lowest BCUT2D eigenvalue weighted by Gasteiger charge is -2.22. The largest absolute Gasteiger partial charge is 0.491 e. The lowest BCUT2D eigenvalue weighted by molar-refractivity contribution is 0.242. The summed E-state index contributed by atoms with van der Waals surface area (Å²) in [5.41, 5.74) is 3.32. The standard InChI is InChI=1S/C20H27NO2/c1-14(2)23-20-10-6-9-19(12-20)16(4)21-15(3)18-8-5-7-17(11-18)13-22/h5-12,14-16,21-22H,13H2,1-4H3. The van der Waals surface area contributed by atoms with Crippen LogP contribution in [0.5, 0.6) is 5.75 Å². The molecule has 2 rings (SSSR count). The van der Waals surface area contributed by atoms with Gasteiger partial charge in [0.15, 0.2) is 0 Å². The molecule has 0 aliphatic carbocycles. The first kappa shape index (κ1) is 17.5. The summed E-state index contributed by atoms with van der Waals surface area (Å²) in [5, 5.41) is 12.9. The Morgan fingerprint density at radius 2 is 1.52 bits per heavy atom. The van der Waals surface area contributed by atoms with Crippen molar-refractivity contribution >= 4 is 0 Å². The fourth-order valence-electron chi connectivity index (χ4n) is 2.66. The van der Waals surface area contributed by atoms with Crippen molar-refractivity contribution in [3.8, 4) is 5.75 Å². The first-order valence-corrected chi connectivity index (χ1v) is 8.22. The Morgan fingerprint density at radius 1 is 0.913 bits per heavy atom. The maximum atomic E-state index is 9.27. The van der Waals surface area contributed by atoms with E-state index < -0.39 is 0 Å². The number of aliphatic hydroxyl groups is 1. The molecule has 124 valence electrons. The van der Waals surface area contributed by atoms with E-state index in [4.69, 9.17) is 4.74 Å². The van der Waals surface area contributed by atoms with Gasteiger partial charge in [0.1, 0.15) is 5.75 Å². The van der Waals surface area contributed by atoms with Crippen molar-refractivity contribution in [1.29, 1.82) is 0 Å². The molecule has 0 saturated heterocycles. The third-order valence-corrected chi connectivity index (χ3v) is 3.86. The van der Waals surface area contributed by atoms with Crippen LogP contribution in [0.1, 0.15) is 56.5 Å². The molecule has 0 radical (unpaired) electrons. The summed E-state index contributed by atoms with van der Waals surface area (Å²) >= 11 is 0. The van der Waals surface area contributed by atoms with Crippen LogP contribution in [0.2, 0.25) is 0 Å². The van der Waals surface area contributed by atoms with Gasteiger partial charge in [-0.1, -0.05) is 36.4 Å². The average Bonchev–Trinajstić information content (AvgIpc) is 2.54. The molecule has 3 heteroatoms. The molecule has 0 amide bonds. The Labute approximate surface area is 139 Å². The van der Waals surface area contributed by atoms with Crippen molar-refractivity contribution in [2.75, 3.05) is 0 Å². The minimum Gasteiger partial charge on any atom is -0.491 e. The van der Waals surface area contributed by atoms with Crippen molar-refractivity contribution in [3.63, 3.8) is 0 Å². The number of aliphatic hydroxyl groups excluding tert-OH is 1. The van der Waals surface area contributed by atoms with E-state index in [9.17, 15) is 5.11 Å². The maximum absolute atomic E-state index is 9.27. The Morgan fingerprint density at radius 3 is 2.13 bits per heavy atom. The summed E-state index contributed by atoms with van der Waals surface area (Å²) in [4.78, 5) is 0. The van der Waals surface area contributed by atoms with Crippen molar-refractivity contribution in [2.24, 2.45) is 0 Å². The van der Waals surface area contributed by atoms with Crippen LogP contribution >= 0.6 is 0 Å². The van der Waals surface area contributed by atoms with Gasteiger partial charge in [0, 0.05) is 12.1 Å². The van der Waals surface area contributed by atoms with Crippen LogP contribution in [-0.2, 0) is 6.61 Å². The van der Waals surface area contributed by atoms with Crippen molar-refractivity contribution in [3.05, 3.63) is 65.2 Å². The number of ether oxygens (including phenoxy) is 1. The smallest absolute Gasteiger partial charge is 0.120 e. The van der Waals surface area contributed by atoms with Crippen LogP contribution in [0, 0.1) is 0 Å². The van der Waals surface area contributed by atoms with E-state index in [1.54, 1.807) is 0 Å². The monoisotopic (exact) mass is 313 g/mol. The summed E-state index contributed by atoms with van der Waals surface area (Å²) in [7, 11) is 0. The van der Waals surface area contributed by atoms with Gasteiger partial charge in [0.05, 0.1) is 12.7 Å². The predicted octanol–water partition coefficient (Wildman–Crippen LogP) is 4.38. The van der Waals surface area contributed by atoms with E-state index in [-0.39, 0.29) is 24.8 Å². The Bertz CT molecular complexity index is 625. The number of rotatable bonds is 7. The predicted molar refractivity (Wildman–Crippen MR) is 94.5 cm³/mol. The number of nitrogens with one attached hydrogen (secondary N) is 1. The van der Waals surface area contributed by atoms with E-state index in [2.05, 4.69) is 37.4 Å². The number of hydrogen-bond donors (Lipinski definition) is 2. The van der Waals surface area contributed by atoms with Gasteiger partial charge in [-0.2, -0.15) is 0 Å². The summed E-state index contributed by atoms with van der Waals surface area (Å²) in [5.74, 6) is 0.904. The van der Waals surface area contributed by atoms with Crippen LogP contribution in [0.15, 0.2) is 48.5 Å². The van der Waals surface area contributed by atoms with E-state index in [1.807, 2.05) is 44.2 Å². The summed E-state index contributed by atoms with van der Waals surface area (Å²) in [6.45, 7) is 8.43. The molecular formula is C20H27NO2. The number of benzene rings is 2. The van der Waals surface area contributed by atoms with Gasteiger partial charge < -0.3 is 15.2 Å². The van der Waals surface area contributed by atoms with E-state index >= 15 is 0 Å². The third-order valence-electron chi connectivity index (χ3n) is 3.86. The third kappa shape index (κ3) is 5.08. The Kier molecular flexibility index (Phi) is 6.20. The molecule has 0 heterocycles.